The molecule has 0 saturated carbocycles. The van der Waals surface area contributed by atoms with E-state index in [0.29, 0.717) is 28.3 Å². The third kappa shape index (κ3) is 8.65. The van der Waals surface area contributed by atoms with Gasteiger partial charge in [0.05, 0.1) is 19.5 Å². The first kappa shape index (κ1) is 35.8. The first-order valence-corrected chi connectivity index (χ1v) is 16.1. The highest BCUT2D eigenvalue weighted by Crippen LogP contribution is 2.38. The number of hydrogen-bond acceptors (Lipinski definition) is 7. The Kier molecular flexibility index (Phi) is 10.7. The summed E-state index contributed by atoms with van der Waals surface area (Å²) in [4.78, 5) is 0. The molecule has 0 radical (unpaired) electrons. The standard InChI is InChI=1S/C41H48N4O3/c1-39(2,3)31-21-29(37(46)33(23-31)40(4,5)6)25-42-44-35(27-17-13-11-14-18-27)36(28-19-15-12-16-20-28)45-43-26-30-22-32(48-10)24-34(38(30)47)41(7,8)9/h11-26,46-47H,1-10H3/b42-25+,43-26+,44-35+,45-36+. The fourth-order valence-corrected chi connectivity index (χ4v) is 5.15. The minimum Gasteiger partial charge on any atom is -0.507 e. The van der Waals surface area contributed by atoms with Crippen LogP contribution in [0.15, 0.2) is 105 Å². The molecule has 4 aromatic rings. The number of phenolic OH excluding ortho intramolecular Hbond substituents is 2. The second-order valence-corrected chi connectivity index (χ2v) is 14.9. The largest absolute Gasteiger partial charge is 0.507 e. The zero-order valence-corrected chi connectivity index (χ0v) is 29.8. The maximum Gasteiger partial charge on any atom is 0.128 e. The van der Waals surface area contributed by atoms with Crippen LogP contribution in [0.2, 0.25) is 0 Å². The summed E-state index contributed by atoms with van der Waals surface area (Å²) in [5.74, 6) is 0.919. The van der Waals surface area contributed by atoms with Crippen molar-refractivity contribution in [2.75, 3.05) is 7.11 Å². The van der Waals surface area contributed by atoms with Crippen molar-refractivity contribution >= 4 is 23.9 Å². The van der Waals surface area contributed by atoms with Gasteiger partial charge in [0.25, 0.3) is 0 Å². The van der Waals surface area contributed by atoms with Gasteiger partial charge in [-0.15, -0.1) is 10.2 Å². The van der Waals surface area contributed by atoms with E-state index < -0.39 is 0 Å². The molecule has 0 aromatic heterocycles. The van der Waals surface area contributed by atoms with Gasteiger partial charge in [-0.1, -0.05) is 129 Å². The normalized spacial score (nSPS) is 13.5. The Hall–Kier alpha value is -5.04. The number of nitrogens with zero attached hydrogens (tertiary/aromatic N) is 4. The van der Waals surface area contributed by atoms with E-state index >= 15 is 0 Å². The quantitative estimate of drug-likeness (QED) is 0.148. The molecule has 0 aliphatic rings. The first-order valence-electron chi connectivity index (χ1n) is 16.1. The van der Waals surface area contributed by atoms with Gasteiger partial charge in [0.1, 0.15) is 28.7 Å². The molecule has 0 aliphatic carbocycles. The molecule has 4 rings (SSSR count). The average Bonchev–Trinajstić information content (AvgIpc) is 3.02. The van der Waals surface area contributed by atoms with Crippen LogP contribution in [-0.2, 0) is 16.2 Å². The maximum absolute atomic E-state index is 11.3. The lowest BCUT2D eigenvalue weighted by Gasteiger charge is -2.26. The number of ether oxygens (including phenoxy) is 1. The highest BCUT2D eigenvalue weighted by atomic mass is 16.5. The van der Waals surface area contributed by atoms with Crippen LogP contribution in [0.25, 0.3) is 0 Å². The van der Waals surface area contributed by atoms with Gasteiger partial charge < -0.3 is 14.9 Å². The van der Waals surface area contributed by atoms with Gasteiger partial charge in [0, 0.05) is 33.4 Å². The molecular weight excluding hydrogens is 596 g/mol. The van der Waals surface area contributed by atoms with Crippen LogP contribution in [-0.4, -0.2) is 41.2 Å². The van der Waals surface area contributed by atoms with Crippen molar-refractivity contribution in [2.24, 2.45) is 20.4 Å². The van der Waals surface area contributed by atoms with Gasteiger partial charge in [-0.05, 0) is 40.0 Å². The molecule has 0 fully saturated rings. The molecular formula is C41H48N4O3. The van der Waals surface area contributed by atoms with Gasteiger partial charge in [-0.3, -0.25) is 0 Å². The maximum atomic E-state index is 11.3. The molecule has 2 N–H and O–H groups in total. The summed E-state index contributed by atoms with van der Waals surface area (Å²) in [5.41, 5.74) is 5.56. The highest BCUT2D eigenvalue weighted by molar-refractivity contribution is 6.53. The number of phenols is 2. The van der Waals surface area contributed by atoms with Crippen molar-refractivity contribution in [2.45, 2.75) is 78.6 Å². The van der Waals surface area contributed by atoms with E-state index in [4.69, 9.17) is 9.84 Å². The summed E-state index contributed by atoms with van der Waals surface area (Å²) in [6.07, 6.45) is 3.11. The molecule has 0 spiro atoms. The minimum absolute atomic E-state index is 0.122. The summed E-state index contributed by atoms with van der Waals surface area (Å²) in [7, 11) is 1.59. The molecule has 4 aromatic carbocycles. The summed E-state index contributed by atoms with van der Waals surface area (Å²) in [5, 5.41) is 40.8. The molecule has 48 heavy (non-hydrogen) atoms. The van der Waals surface area contributed by atoms with Crippen molar-refractivity contribution < 1.29 is 14.9 Å². The van der Waals surface area contributed by atoms with Crippen LogP contribution in [0.4, 0.5) is 0 Å². The van der Waals surface area contributed by atoms with Gasteiger partial charge in [-0.2, -0.15) is 10.2 Å². The molecule has 0 unspecified atom stereocenters. The second-order valence-electron chi connectivity index (χ2n) is 14.9. The van der Waals surface area contributed by atoms with Gasteiger partial charge in [-0.25, -0.2) is 0 Å². The zero-order chi connectivity index (χ0) is 35.3. The Morgan fingerprint density at radius 2 is 0.979 bits per heavy atom. The van der Waals surface area contributed by atoms with E-state index in [9.17, 15) is 10.2 Å². The van der Waals surface area contributed by atoms with Gasteiger partial charge in [0.2, 0.25) is 0 Å². The molecule has 0 saturated heterocycles. The molecule has 7 heteroatoms. The van der Waals surface area contributed by atoms with Crippen molar-refractivity contribution in [3.05, 3.63) is 124 Å². The number of rotatable bonds is 8. The minimum atomic E-state index is -0.320. The molecule has 7 nitrogen and oxygen atoms in total. The van der Waals surface area contributed by atoms with Crippen molar-refractivity contribution in [3.8, 4) is 17.2 Å². The lowest BCUT2D eigenvalue weighted by atomic mass is 9.79. The summed E-state index contributed by atoms with van der Waals surface area (Å²) in [6, 6.07) is 26.9. The monoisotopic (exact) mass is 644 g/mol. The lowest BCUT2D eigenvalue weighted by Crippen LogP contribution is -2.18. The third-order valence-corrected chi connectivity index (χ3v) is 8.00. The highest BCUT2D eigenvalue weighted by Gasteiger charge is 2.25. The lowest BCUT2D eigenvalue weighted by molar-refractivity contribution is 0.405. The number of hydrogen-bond donors (Lipinski definition) is 2. The fourth-order valence-electron chi connectivity index (χ4n) is 5.15. The van der Waals surface area contributed by atoms with E-state index in [2.05, 4.69) is 62.9 Å². The topological polar surface area (TPSA) is 99.1 Å². The van der Waals surface area contributed by atoms with Crippen molar-refractivity contribution in [3.63, 3.8) is 0 Å². The Bertz CT molecular complexity index is 1850. The molecule has 0 aliphatic heterocycles. The predicted octanol–water partition coefficient (Wildman–Crippen LogP) is 9.35. The zero-order valence-electron chi connectivity index (χ0n) is 29.8. The summed E-state index contributed by atoms with van der Waals surface area (Å²) >= 11 is 0. The fraction of sp³-hybridized carbons (Fsp3) is 0.317. The van der Waals surface area contributed by atoms with E-state index in [0.717, 1.165) is 27.8 Å². The third-order valence-electron chi connectivity index (χ3n) is 8.00. The van der Waals surface area contributed by atoms with Crippen molar-refractivity contribution in [1.82, 2.24) is 0 Å². The Morgan fingerprint density at radius 3 is 1.38 bits per heavy atom. The smallest absolute Gasteiger partial charge is 0.128 e. The summed E-state index contributed by atoms with van der Waals surface area (Å²) < 4.78 is 5.52. The SMILES string of the molecule is COc1cc(/C=N/N=C(/C(=N/N=C/c2cc(C(C)(C)C)cc(C(C)(C)C)c2O)c2ccccc2)c2ccccc2)c(O)c(C(C)(C)C)c1. The average molecular weight is 645 g/mol. The molecule has 0 bridgehead atoms. The second kappa shape index (κ2) is 14.4. The Labute approximate surface area is 285 Å². The van der Waals surface area contributed by atoms with Crippen LogP contribution in [0.1, 0.15) is 101 Å². The molecule has 250 valence electrons. The predicted molar refractivity (Wildman–Crippen MR) is 200 cm³/mol. The summed E-state index contributed by atoms with van der Waals surface area (Å²) in [6.45, 7) is 18.8. The number of aromatic hydroxyl groups is 2. The Morgan fingerprint density at radius 1 is 0.562 bits per heavy atom. The number of methoxy groups -OCH3 is 1. The molecule has 0 amide bonds. The van der Waals surface area contributed by atoms with E-state index in [1.54, 1.807) is 19.4 Å². The first-order chi connectivity index (χ1) is 22.5. The van der Waals surface area contributed by atoms with Crippen LogP contribution < -0.4 is 4.74 Å². The van der Waals surface area contributed by atoms with Crippen molar-refractivity contribution in [1.29, 1.82) is 0 Å². The van der Waals surface area contributed by atoms with Crippen LogP contribution in [0, 0.1) is 0 Å². The Balaban J connectivity index is 1.89. The molecule has 0 atom stereocenters. The van der Waals surface area contributed by atoms with Crippen LogP contribution >= 0.6 is 0 Å². The van der Waals surface area contributed by atoms with E-state index in [1.807, 2.05) is 93.6 Å². The van der Waals surface area contributed by atoms with E-state index in [-0.39, 0.29) is 27.7 Å². The molecule has 0 heterocycles. The number of benzene rings is 4. The van der Waals surface area contributed by atoms with Gasteiger partial charge in [0.15, 0.2) is 0 Å². The van der Waals surface area contributed by atoms with Gasteiger partial charge >= 0.3 is 0 Å². The van der Waals surface area contributed by atoms with Crippen LogP contribution in [0.3, 0.4) is 0 Å². The van der Waals surface area contributed by atoms with Crippen LogP contribution in [0.5, 0.6) is 17.2 Å². The van der Waals surface area contributed by atoms with E-state index in [1.165, 1.54) is 6.21 Å².